The Kier molecular flexibility index (Phi) is 7.30. The van der Waals surface area contributed by atoms with Crippen LogP contribution in [0.5, 0.6) is 11.5 Å². The first kappa shape index (κ1) is 20.6. The third kappa shape index (κ3) is 5.04. The van der Waals surface area contributed by atoms with E-state index in [1.54, 1.807) is 14.2 Å². The van der Waals surface area contributed by atoms with Crippen LogP contribution in [0.3, 0.4) is 0 Å². The molecule has 1 aliphatic rings. The van der Waals surface area contributed by atoms with E-state index in [1.165, 1.54) is 0 Å². The second-order valence-electron chi connectivity index (χ2n) is 7.22. The highest BCUT2D eigenvalue weighted by molar-refractivity contribution is 5.38. The number of imidazole rings is 1. The lowest BCUT2D eigenvalue weighted by molar-refractivity contribution is 0.0482. The molecule has 1 N–H and O–H groups in total. The van der Waals surface area contributed by atoms with Crippen molar-refractivity contribution in [3.63, 3.8) is 0 Å². The number of aliphatic hydroxyl groups excluding tert-OH is 1. The normalized spacial score (nSPS) is 18.4. The summed E-state index contributed by atoms with van der Waals surface area (Å²) in [7, 11) is 3.35. The molecule has 154 valence electrons. The summed E-state index contributed by atoms with van der Waals surface area (Å²) >= 11 is 0. The van der Waals surface area contributed by atoms with Crippen molar-refractivity contribution in [1.82, 2.24) is 19.4 Å². The maximum absolute atomic E-state index is 9.59. The van der Waals surface area contributed by atoms with Crippen LogP contribution in [0.25, 0.3) is 0 Å². The molecule has 0 amide bonds. The Morgan fingerprint density at radius 1 is 1.11 bits per heavy atom. The molecule has 1 aromatic carbocycles. The Bertz CT molecular complexity index is 727. The van der Waals surface area contributed by atoms with Gasteiger partial charge in [-0.05, 0) is 31.0 Å². The smallest absolute Gasteiger partial charge is 0.122 e. The number of hydrogen-bond acceptors (Lipinski definition) is 6. The first-order valence-electron chi connectivity index (χ1n) is 9.96. The van der Waals surface area contributed by atoms with E-state index in [4.69, 9.17) is 9.47 Å². The number of ether oxygens (including phenoxy) is 2. The second-order valence-corrected chi connectivity index (χ2v) is 7.22. The molecule has 0 aliphatic carbocycles. The topological polar surface area (TPSA) is 63.0 Å². The Morgan fingerprint density at radius 2 is 1.86 bits per heavy atom. The molecule has 0 radical (unpaired) electrons. The lowest BCUT2D eigenvalue weighted by Gasteiger charge is -2.41. The van der Waals surface area contributed by atoms with Crippen LogP contribution in [0.15, 0.2) is 30.6 Å². The average molecular weight is 389 g/mol. The molecule has 1 aromatic heterocycles. The van der Waals surface area contributed by atoms with Gasteiger partial charge in [-0.2, -0.15) is 0 Å². The third-order valence-corrected chi connectivity index (χ3v) is 5.46. The molecule has 0 bridgehead atoms. The van der Waals surface area contributed by atoms with Gasteiger partial charge in [-0.15, -0.1) is 0 Å². The number of rotatable bonds is 9. The minimum absolute atomic E-state index is 0.194. The number of nitrogens with zero attached hydrogens (tertiary/aromatic N) is 4. The number of aliphatic hydroxyl groups is 1. The molecule has 1 fully saturated rings. The molecular formula is C21H32N4O3. The van der Waals surface area contributed by atoms with Crippen LogP contribution >= 0.6 is 0 Å². The van der Waals surface area contributed by atoms with Gasteiger partial charge in [0.1, 0.15) is 17.3 Å². The molecule has 2 heterocycles. The monoisotopic (exact) mass is 388 g/mol. The Balaban J connectivity index is 1.68. The summed E-state index contributed by atoms with van der Waals surface area (Å²) < 4.78 is 13.0. The van der Waals surface area contributed by atoms with Gasteiger partial charge in [-0.3, -0.25) is 9.80 Å². The van der Waals surface area contributed by atoms with Crippen molar-refractivity contribution in [3.05, 3.63) is 42.0 Å². The van der Waals surface area contributed by atoms with E-state index in [9.17, 15) is 5.11 Å². The molecule has 7 heteroatoms. The summed E-state index contributed by atoms with van der Waals surface area (Å²) in [4.78, 5) is 9.40. The molecule has 7 nitrogen and oxygen atoms in total. The molecule has 2 aromatic rings. The van der Waals surface area contributed by atoms with E-state index < -0.39 is 0 Å². The largest absolute Gasteiger partial charge is 0.497 e. The van der Waals surface area contributed by atoms with Gasteiger partial charge in [0.15, 0.2) is 0 Å². The van der Waals surface area contributed by atoms with E-state index in [1.807, 2.05) is 18.5 Å². The van der Waals surface area contributed by atoms with E-state index in [2.05, 4.69) is 38.4 Å². The fourth-order valence-corrected chi connectivity index (χ4v) is 3.90. The highest BCUT2D eigenvalue weighted by Gasteiger charge is 2.27. The van der Waals surface area contributed by atoms with Crippen LogP contribution in [0.4, 0.5) is 0 Å². The number of hydrogen-bond donors (Lipinski definition) is 1. The minimum Gasteiger partial charge on any atom is -0.497 e. The van der Waals surface area contributed by atoms with Crippen molar-refractivity contribution >= 4 is 0 Å². The second kappa shape index (κ2) is 9.91. The van der Waals surface area contributed by atoms with Gasteiger partial charge in [0.25, 0.3) is 0 Å². The third-order valence-electron chi connectivity index (χ3n) is 5.46. The standard InChI is InChI=1S/C21H32N4O3/c1-4-24-7-6-22-21(24)16-23-8-9-25(18(15-23)5-10-26)14-17-11-19(27-2)13-20(12-17)28-3/h6-7,11-13,18,26H,4-5,8-10,14-16H2,1-3H3. The highest BCUT2D eigenvalue weighted by atomic mass is 16.5. The zero-order chi connectivity index (χ0) is 19.9. The van der Waals surface area contributed by atoms with Crippen molar-refractivity contribution in [3.8, 4) is 11.5 Å². The summed E-state index contributed by atoms with van der Waals surface area (Å²) in [5.41, 5.74) is 1.16. The van der Waals surface area contributed by atoms with Crippen molar-refractivity contribution in [1.29, 1.82) is 0 Å². The first-order chi connectivity index (χ1) is 13.7. The maximum Gasteiger partial charge on any atom is 0.122 e. The van der Waals surface area contributed by atoms with Crippen LogP contribution in [0, 0.1) is 0 Å². The number of aromatic nitrogens is 2. The molecule has 0 spiro atoms. The van der Waals surface area contributed by atoms with Crippen molar-refractivity contribution in [2.75, 3.05) is 40.5 Å². The number of piperazine rings is 1. The predicted molar refractivity (Wildman–Crippen MR) is 109 cm³/mol. The van der Waals surface area contributed by atoms with E-state index in [-0.39, 0.29) is 6.61 Å². The van der Waals surface area contributed by atoms with E-state index >= 15 is 0 Å². The first-order valence-corrected chi connectivity index (χ1v) is 9.96. The van der Waals surface area contributed by atoms with Gasteiger partial charge in [0.05, 0.1) is 20.8 Å². The van der Waals surface area contributed by atoms with Crippen molar-refractivity contribution < 1.29 is 14.6 Å². The van der Waals surface area contributed by atoms with Gasteiger partial charge in [0.2, 0.25) is 0 Å². The molecule has 1 aliphatic heterocycles. The van der Waals surface area contributed by atoms with Gasteiger partial charge >= 0.3 is 0 Å². The highest BCUT2D eigenvalue weighted by Crippen LogP contribution is 2.25. The van der Waals surface area contributed by atoms with Crippen LogP contribution < -0.4 is 9.47 Å². The van der Waals surface area contributed by atoms with Gasteiger partial charge in [0, 0.05) is 63.8 Å². The van der Waals surface area contributed by atoms with Crippen LogP contribution in [-0.4, -0.2) is 71.0 Å². The van der Waals surface area contributed by atoms with Crippen LogP contribution in [-0.2, 0) is 19.6 Å². The lowest BCUT2D eigenvalue weighted by atomic mass is 10.1. The summed E-state index contributed by atoms with van der Waals surface area (Å²) in [6.07, 6.45) is 4.67. The molecule has 1 atom stereocenters. The predicted octanol–water partition coefficient (Wildman–Crippen LogP) is 1.99. The Morgan fingerprint density at radius 3 is 2.50 bits per heavy atom. The van der Waals surface area contributed by atoms with Crippen molar-refractivity contribution in [2.45, 2.75) is 39.0 Å². The van der Waals surface area contributed by atoms with E-state index in [0.717, 1.165) is 68.6 Å². The summed E-state index contributed by atoms with van der Waals surface area (Å²) in [6.45, 7) is 7.81. The molecule has 0 saturated carbocycles. The zero-order valence-corrected chi connectivity index (χ0v) is 17.2. The summed E-state index contributed by atoms with van der Waals surface area (Å²) in [5.74, 6) is 2.72. The van der Waals surface area contributed by atoms with Gasteiger partial charge in [-0.1, -0.05) is 0 Å². The van der Waals surface area contributed by atoms with Crippen LogP contribution in [0.1, 0.15) is 24.7 Å². The van der Waals surface area contributed by atoms with Crippen LogP contribution in [0.2, 0.25) is 0 Å². The molecule has 28 heavy (non-hydrogen) atoms. The maximum atomic E-state index is 9.59. The molecule has 1 saturated heterocycles. The fourth-order valence-electron chi connectivity index (χ4n) is 3.90. The lowest BCUT2D eigenvalue weighted by Crippen LogP contribution is -2.52. The quantitative estimate of drug-likeness (QED) is 0.709. The Labute approximate surface area is 167 Å². The van der Waals surface area contributed by atoms with Gasteiger partial charge < -0.3 is 19.1 Å². The average Bonchev–Trinajstić information content (AvgIpc) is 3.16. The number of benzene rings is 1. The SMILES string of the molecule is CCn1ccnc1CN1CCN(Cc2cc(OC)cc(OC)c2)C(CCO)C1. The minimum atomic E-state index is 0.194. The van der Waals surface area contributed by atoms with Gasteiger partial charge in [-0.25, -0.2) is 4.98 Å². The number of aryl methyl sites for hydroxylation is 1. The molecular weight excluding hydrogens is 356 g/mol. The summed E-state index contributed by atoms with van der Waals surface area (Å²) in [5, 5.41) is 9.59. The van der Waals surface area contributed by atoms with E-state index in [0.29, 0.717) is 6.04 Å². The zero-order valence-electron chi connectivity index (χ0n) is 17.2. The fraction of sp³-hybridized carbons (Fsp3) is 0.571. The Hall–Kier alpha value is -2.09. The molecule has 3 rings (SSSR count). The summed E-state index contributed by atoms with van der Waals surface area (Å²) in [6, 6.07) is 6.31. The van der Waals surface area contributed by atoms with Crippen molar-refractivity contribution in [2.24, 2.45) is 0 Å². The molecule has 1 unspecified atom stereocenters. The number of methoxy groups -OCH3 is 2.